The fraction of sp³-hybridized carbons (Fsp3) is 0.500. The maximum absolute atomic E-state index is 15.9. The molecule has 3 aliphatic heterocycles. The molecule has 4 aliphatic rings. The molecule has 4 aromatic rings. The second kappa shape index (κ2) is 15.3. The summed E-state index contributed by atoms with van der Waals surface area (Å²) < 4.78 is 115. The van der Waals surface area contributed by atoms with Gasteiger partial charge < -0.3 is 20.7 Å². The van der Waals surface area contributed by atoms with Crippen LogP contribution in [0.2, 0.25) is 0 Å². The number of carbonyl (C=O) groups is 1. The standard InChI is InChI=1S/C21H14F5N5OS.C8H11F2NO.C7H12FN/c1-3-29-19-9-6-11(21(24,25)26)14(15(23)16(9)30-20(31-19)32-2)8-4-5-12(22)17-13(8)10(7-27)18(28)33-17;9-8(10)5-6(8)7(12)11-3-1-2-4-11;8-6-4-7-2-1-3-9(7)5-6/h4-6H,3,28H2,1-2H3,(H,29,30,31);6H,1-5H2;6-7H,1-5H2. The van der Waals surface area contributed by atoms with Crippen molar-refractivity contribution >= 4 is 49.1 Å². The molecule has 54 heavy (non-hydrogen) atoms. The second-order valence-corrected chi connectivity index (χ2v) is 14.6. The van der Waals surface area contributed by atoms with Gasteiger partial charge in [0.25, 0.3) is 5.92 Å². The third-order valence-electron chi connectivity index (χ3n) is 9.94. The number of hydrogen-bond donors (Lipinski definition) is 2. The minimum Gasteiger partial charge on any atom is -0.467 e. The molecular weight excluding hydrogens is 746 g/mol. The van der Waals surface area contributed by atoms with Crippen LogP contribution >= 0.6 is 11.3 Å². The number of benzene rings is 2. The van der Waals surface area contributed by atoms with Crippen LogP contribution in [0, 0.1) is 28.9 Å². The lowest BCUT2D eigenvalue weighted by Gasteiger charge is -2.18. The van der Waals surface area contributed by atoms with Crippen molar-refractivity contribution < 1.29 is 44.7 Å². The summed E-state index contributed by atoms with van der Waals surface area (Å²) in [5.41, 5.74) is 2.59. The van der Waals surface area contributed by atoms with E-state index in [1.807, 2.05) is 0 Å². The Morgan fingerprint density at radius 3 is 2.46 bits per heavy atom. The summed E-state index contributed by atoms with van der Waals surface area (Å²) in [5.74, 6) is -6.17. The molecule has 2 aromatic heterocycles. The van der Waals surface area contributed by atoms with Gasteiger partial charge in [-0.2, -0.15) is 28.4 Å². The number of methoxy groups -OCH3 is 1. The lowest BCUT2D eigenvalue weighted by atomic mass is 9.92. The lowest BCUT2D eigenvalue weighted by Crippen LogP contribution is -2.30. The number of nitrogens with one attached hydrogen (secondary N) is 1. The predicted molar refractivity (Wildman–Crippen MR) is 188 cm³/mol. The number of thiophene rings is 1. The van der Waals surface area contributed by atoms with E-state index >= 15 is 4.39 Å². The van der Waals surface area contributed by atoms with Gasteiger partial charge in [0.1, 0.15) is 40.3 Å². The number of fused-ring (bicyclic) bond motifs is 3. The summed E-state index contributed by atoms with van der Waals surface area (Å²) in [7, 11) is 1.23. The summed E-state index contributed by atoms with van der Waals surface area (Å²) in [6.45, 7) is 5.18. The smallest absolute Gasteiger partial charge is 0.417 e. The van der Waals surface area contributed by atoms with Crippen molar-refractivity contribution in [3.8, 4) is 23.2 Å². The Balaban J connectivity index is 0.000000189. The molecule has 3 unspecified atom stereocenters. The fourth-order valence-electron chi connectivity index (χ4n) is 7.26. The number of nitrogens with zero attached hydrogens (tertiary/aromatic N) is 5. The topological polar surface area (TPSA) is 120 Å². The summed E-state index contributed by atoms with van der Waals surface area (Å²) in [5, 5.41) is 11.8. The number of nitriles is 1. The molecule has 290 valence electrons. The number of amides is 1. The first-order valence-corrected chi connectivity index (χ1v) is 18.3. The number of nitrogens with two attached hydrogens (primary N) is 1. The summed E-state index contributed by atoms with van der Waals surface area (Å²) in [6.07, 6.45) is -0.493. The number of carbonyl (C=O) groups excluding carboxylic acids is 1. The van der Waals surface area contributed by atoms with E-state index in [-0.39, 0.29) is 62.3 Å². The van der Waals surface area contributed by atoms with Crippen LogP contribution in [0.25, 0.3) is 32.1 Å². The molecule has 3 atom stereocenters. The lowest BCUT2D eigenvalue weighted by molar-refractivity contribution is -0.137. The normalized spacial score (nSPS) is 21.6. The van der Waals surface area contributed by atoms with E-state index < -0.39 is 52.5 Å². The van der Waals surface area contributed by atoms with Gasteiger partial charge in [-0.1, -0.05) is 6.07 Å². The van der Waals surface area contributed by atoms with Crippen molar-refractivity contribution in [3.05, 3.63) is 41.0 Å². The number of rotatable bonds is 5. The quantitative estimate of drug-likeness (QED) is 0.195. The minimum absolute atomic E-state index is 0.0444. The van der Waals surface area contributed by atoms with Gasteiger partial charge in [-0.15, -0.1) is 11.3 Å². The van der Waals surface area contributed by atoms with Gasteiger partial charge in [0, 0.05) is 55.0 Å². The van der Waals surface area contributed by atoms with Crippen molar-refractivity contribution in [1.29, 1.82) is 5.26 Å². The van der Waals surface area contributed by atoms with E-state index in [2.05, 4.69) is 20.2 Å². The first-order valence-electron chi connectivity index (χ1n) is 17.4. The van der Waals surface area contributed by atoms with Crippen LogP contribution in [-0.4, -0.2) is 83.6 Å². The Labute approximate surface area is 309 Å². The molecular formula is C36H37F8N7O2S. The number of ether oxygens (including phenoxy) is 1. The zero-order valence-electron chi connectivity index (χ0n) is 29.3. The van der Waals surface area contributed by atoms with E-state index in [4.69, 9.17) is 10.5 Å². The molecule has 3 saturated heterocycles. The predicted octanol–water partition coefficient (Wildman–Crippen LogP) is 8.16. The SMILES string of the molecule is CCNc1nc(OC)nc2c(F)c(-c3ccc(F)c4sc(N)c(C#N)c34)c(C(F)(F)F)cc12.FC1CC2CCCN2C1.O=C(C1CC1(F)F)N1CCCC1. The summed E-state index contributed by atoms with van der Waals surface area (Å²) in [6, 6.07) is 4.75. The molecule has 18 heteroatoms. The van der Waals surface area contributed by atoms with Crippen LogP contribution in [0.4, 0.5) is 45.9 Å². The molecule has 5 heterocycles. The van der Waals surface area contributed by atoms with Crippen molar-refractivity contribution in [2.24, 2.45) is 5.92 Å². The Hall–Kier alpha value is -4.50. The first-order chi connectivity index (χ1) is 25.6. The molecule has 0 spiro atoms. The molecule has 9 nitrogen and oxygen atoms in total. The van der Waals surface area contributed by atoms with E-state index in [1.165, 1.54) is 20.0 Å². The van der Waals surface area contributed by atoms with E-state index in [9.17, 15) is 40.8 Å². The van der Waals surface area contributed by atoms with Gasteiger partial charge >= 0.3 is 12.2 Å². The van der Waals surface area contributed by atoms with E-state index in [0.29, 0.717) is 37.0 Å². The number of nitrogen functional groups attached to an aromatic ring is 1. The zero-order valence-corrected chi connectivity index (χ0v) is 30.1. The van der Waals surface area contributed by atoms with E-state index in [1.54, 1.807) is 17.9 Å². The van der Waals surface area contributed by atoms with Crippen LogP contribution in [0.5, 0.6) is 6.01 Å². The van der Waals surface area contributed by atoms with Crippen molar-refractivity contribution in [2.75, 3.05) is 50.9 Å². The maximum atomic E-state index is 15.9. The van der Waals surface area contributed by atoms with Gasteiger partial charge in [-0.25, -0.2) is 22.0 Å². The number of alkyl halides is 6. The number of anilines is 2. The monoisotopic (exact) mass is 783 g/mol. The summed E-state index contributed by atoms with van der Waals surface area (Å²) in [4.78, 5) is 23.0. The van der Waals surface area contributed by atoms with Crippen LogP contribution < -0.4 is 15.8 Å². The molecule has 0 bridgehead atoms. The highest BCUT2D eigenvalue weighted by Gasteiger charge is 2.62. The van der Waals surface area contributed by atoms with Crippen LogP contribution in [0.3, 0.4) is 0 Å². The molecule has 3 N–H and O–H groups in total. The molecule has 4 fully saturated rings. The maximum Gasteiger partial charge on any atom is 0.417 e. The molecule has 1 aliphatic carbocycles. The van der Waals surface area contributed by atoms with Crippen molar-refractivity contribution in [3.63, 3.8) is 0 Å². The number of likely N-dealkylation sites (tertiary alicyclic amines) is 1. The molecule has 1 saturated carbocycles. The zero-order chi connectivity index (χ0) is 39.1. The summed E-state index contributed by atoms with van der Waals surface area (Å²) >= 11 is 0.698. The fourth-order valence-corrected chi connectivity index (χ4v) is 8.21. The Bertz CT molecular complexity index is 2080. The first kappa shape index (κ1) is 39.2. The van der Waals surface area contributed by atoms with Gasteiger partial charge in [0.15, 0.2) is 5.82 Å². The van der Waals surface area contributed by atoms with Gasteiger partial charge in [-0.05, 0) is 63.3 Å². The Kier molecular flexibility index (Phi) is 11.1. The molecule has 0 radical (unpaired) electrons. The van der Waals surface area contributed by atoms with Gasteiger partial charge in [0.05, 0.1) is 22.9 Å². The minimum atomic E-state index is -5.00. The van der Waals surface area contributed by atoms with Gasteiger partial charge in [0.2, 0.25) is 5.91 Å². The van der Waals surface area contributed by atoms with E-state index in [0.717, 1.165) is 44.0 Å². The molecule has 8 rings (SSSR count). The van der Waals surface area contributed by atoms with Crippen LogP contribution in [-0.2, 0) is 11.0 Å². The highest BCUT2D eigenvalue weighted by Crippen LogP contribution is 2.50. The molecule has 2 aromatic carbocycles. The molecule has 1 amide bonds. The van der Waals surface area contributed by atoms with Crippen LogP contribution in [0.15, 0.2) is 18.2 Å². The highest BCUT2D eigenvalue weighted by molar-refractivity contribution is 7.23. The number of halogens is 8. The van der Waals surface area contributed by atoms with Crippen LogP contribution in [0.1, 0.15) is 56.6 Å². The van der Waals surface area contributed by atoms with Crippen molar-refractivity contribution in [2.45, 2.75) is 69.8 Å². The third kappa shape index (κ3) is 7.70. The van der Waals surface area contributed by atoms with Crippen molar-refractivity contribution in [1.82, 2.24) is 19.8 Å². The average molecular weight is 784 g/mol. The van der Waals surface area contributed by atoms with Gasteiger partial charge in [-0.3, -0.25) is 9.69 Å². The number of hydrogen-bond acceptors (Lipinski definition) is 9. The third-order valence-corrected chi connectivity index (χ3v) is 11.0. The number of aromatic nitrogens is 2. The Morgan fingerprint density at radius 2 is 1.87 bits per heavy atom. The Morgan fingerprint density at radius 1 is 1.17 bits per heavy atom. The second-order valence-electron chi connectivity index (χ2n) is 13.5. The largest absolute Gasteiger partial charge is 0.467 e. The average Bonchev–Trinajstić information content (AvgIpc) is 3.70. The highest BCUT2D eigenvalue weighted by atomic mass is 32.1.